The second-order valence-corrected chi connectivity index (χ2v) is 21.1. The van der Waals surface area contributed by atoms with E-state index < -0.39 is 16.1 Å². The smallest absolute Gasteiger partial charge is 0.0540 e. The molecule has 2 heteroatoms. The van der Waals surface area contributed by atoms with Crippen molar-refractivity contribution in [2.45, 2.75) is 115 Å². The highest BCUT2D eigenvalue weighted by molar-refractivity contribution is 6.98. The Morgan fingerprint density at radius 3 is 1.74 bits per heavy atom. The molecule has 0 saturated heterocycles. The third-order valence-electron chi connectivity index (χ3n) is 7.45. The van der Waals surface area contributed by atoms with E-state index in [1.54, 1.807) is 50.2 Å². The van der Waals surface area contributed by atoms with Gasteiger partial charge in [0.1, 0.15) is 0 Å². The molecule has 136 valence electrons. The summed E-state index contributed by atoms with van der Waals surface area (Å²) >= 11 is 0. The number of hydrogen-bond acceptors (Lipinski definition) is 0. The van der Waals surface area contributed by atoms with Crippen molar-refractivity contribution >= 4 is 16.1 Å². The average Bonchev–Trinajstić information content (AvgIpc) is 3.06. The third kappa shape index (κ3) is 4.54. The monoisotopic (exact) mass is 352 g/mol. The first-order valence-electron chi connectivity index (χ1n) is 10.9. The zero-order valence-corrected chi connectivity index (χ0v) is 19.1. The first-order valence-corrected chi connectivity index (χ1v) is 17.1. The Kier molecular flexibility index (Phi) is 7.05. The minimum absolute atomic E-state index is 1.07. The van der Waals surface area contributed by atoms with Crippen molar-refractivity contribution in [1.29, 1.82) is 0 Å². The lowest BCUT2D eigenvalue weighted by Crippen LogP contribution is -2.50. The maximum Gasteiger partial charge on any atom is 0.0540 e. The molecule has 0 aromatic rings. The molecule has 2 rings (SSSR count). The molecule has 4 unspecified atom stereocenters. The minimum atomic E-state index is -1.09. The fourth-order valence-electron chi connectivity index (χ4n) is 6.88. The minimum Gasteiger partial charge on any atom is -0.0696 e. The summed E-state index contributed by atoms with van der Waals surface area (Å²) in [5.74, 6) is 3.39. The largest absolute Gasteiger partial charge is 0.0696 e. The Bertz CT molecular complexity index is 340. The molecule has 2 bridgehead atoms. The van der Waals surface area contributed by atoms with E-state index in [2.05, 4.69) is 40.4 Å². The molecule has 0 N–H and O–H groups in total. The van der Waals surface area contributed by atoms with Gasteiger partial charge in [-0.15, -0.1) is 0 Å². The fraction of sp³-hybridized carbons (Fsp3) is 1.00. The van der Waals surface area contributed by atoms with Crippen molar-refractivity contribution in [3.05, 3.63) is 0 Å². The van der Waals surface area contributed by atoms with Crippen LogP contribution in [-0.2, 0) is 0 Å². The average molecular weight is 353 g/mol. The molecule has 23 heavy (non-hydrogen) atoms. The first-order chi connectivity index (χ1) is 10.9. The van der Waals surface area contributed by atoms with Crippen LogP contribution in [0.25, 0.3) is 0 Å². The summed E-state index contributed by atoms with van der Waals surface area (Å²) in [6.07, 6.45) is 12.4. The maximum atomic E-state index is 2.72. The Balaban J connectivity index is 2.22. The first kappa shape index (κ1) is 19.8. The van der Waals surface area contributed by atoms with E-state index in [4.69, 9.17) is 0 Å². The van der Waals surface area contributed by atoms with E-state index in [0.717, 1.165) is 17.8 Å². The molecule has 0 heterocycles. The van der Waals surface area contributed by atoms with E-state index in [1.165, 1.54) is 24.4 Å². The molecule has 0 amide bonds. The highest BCUT2D eigenvalue weighted by Gasteiger charge is 2.48. The lowest BCUT2D eigenvalue weighted by molar-refractivity contribution is 0.317. The van der Waals surface area contributed by atoms with Crippen molar-refractivity contribution in [3.8, 4) is 0 Å². The van der Waals surface area contributed by atoms with Gasteiger partial charge in [0.25, 0.3) is 0 Å². The molecule has 0 nitrogen and oxygen atoms in total. The quantitative estimate of drug-likeness (QED) is 0.353. The van der Waals surface area contributed by atoms with E-state index >= 15 is 0 Å². The van der Waals surface area contributed by atoms with Gasteiger partial charge in [-0.1, -0.05) is 90.6 Å². The summed E-state index contributed by atoms with van der Waals surface area (Å²) in [5.41, 5.74) is 0. The van der Waals surface area contributed by atoms with Crippen LogP contribution in [0.5, 0.6) is 0 Å². The van der Waals surface area contributed by atoms with Gasteiger partial charge in [0.2, 0.25) is 0 Å². The van der Waals surface area contributed by atoms with Gasteiger partial charge in [-0.25, -0.2) is 0 Å². The Morgan fingerprint density at radius 2 is 1.39 bits per heavy atom. The van der Waals surface area contributed by atoms with Crippen LogP contribution in [0.1, 0.15) is 72.1 Å². The Morgan fingerprint density at radius 1 is 0.826 bits per heavy atom. The standard InChI is InChI=1S/C21H44Si2/c1-7-12-23(13-8-2,14-9-3)21(22(4,5)6)17-20-16-18-10-11-19(20)15-18/h18-21H,7-17H2,1-6H3. The van der Waals surface area contributed by atoms with Crippen molar-refractivity contribution in [3.63, 3.8) is 0 Å². The van der Waals surface area contributed by atoms with Crippen molar-refractivity contribution in [1.82, 2.24) is 0 Å². The lowest BCUT2D eigenvalue weighted by Gasteiger charge is -2.47. The van der Waals surface area contributed by atoms with Crippen LogP contribution in [0, 0.1) is 17.8 Å². The van der Waals surface area contributed by atoms with E-state index in [1.807, 2.05) is 0 Å². The third-order valence-corrected chi connectivity index (χ3v) is 20.4. The highest BCUT2D eigenvalue weighted by atomic mass is 28.4. The summed E-state index contributed by atoms with van der Waals surface area (Å²) in [4.78, 5) is 0. The molecule has 0 aliphatic heterocycles. The van der Waals surface area contributed by atoms with Crippen LogP contribution in [0.15, 0.2) is 0 Å². The molecule has 2 fully saturated rings. The molecule has 4 atom stereocenters. The lowest BCUT2D eigenvalue weighted by atomic mass is 9.87. The second kappa shape index (κ2) is 8.21. The fourth-order valence-corrected chi connectivity index (χ4v) is 22.1. The van der Waals surface area contributed by atoms with Crippen molar-refractivity contribution in [2.75, 3.05) is 0 Å². The summed E-state index contributed by atoms with van der Waals surface area (Å²) < 4.78 is 0. The molecule has 2 saturated carbocycles. The Labute approximate surface area is 149 Å². The number of rotatable bonds is 10. The number of fused-ring (bicyclic) bond motifs is 2. The maximum absolute atomic E-state index is 2.72. The summed E-state index contributed by atoms with van der Waals surface area (Å²) in [5, 5.41) is 1.19. The van der Waals surface area contributed by atoms with Gasteiger partial charge in [-0.2, -0.15) is 0 Å². The van der Waals surface area contributed by atoms with Crippen LogP contribution in [0.2, 0.25) is 42.9 Å². The molecule has 0 radical (unpaired) electrons. The van der Waals surface area contributed by atoms with Crippen LogP contribution in [0.3, 0.4) is 0 Å². The predicted octanol–water partition coefficient (Wildman–Crippen LogP) is 7.74. The molecule has 0 aromatic carbocycles. The van der Waals surface area contributed by atoms with Crippen LogP contribution in [0.4, 0.5) is 0 Å². The molecular formula is C21H44Si2. The molecular weight excluding hydrogens is 308 g/mol. The van der Waals surface area contributed by atoms with E-state index in [9.17, 15) is 0 Å². The van der Waals surface area contributed by atoms with Crippen molar-refractivity contribution in [2.24, 2.45) is 17.8 Å². The van der Waals surface area contributed by atoms with Gasteiger partial charge < -0.3 is 0 Å². The highest BCUT2D eigenvalue weighted by Crippen LogP contribution is 2.54. The summed E-state index contributed by atoms with van der Waals surface area (Å²) in [7, 11) is -2.16. The SMILES string of the molecule is CCC[Si](CCC)(CCC)C(CC1CC2CCC1C2)[Si](C)(C)C. The van der Waals surface area contributed by atoms with Gasteiger partial charge >= 0.3 is 0 Å². The second-order valence-electron chi connectivity index (χ2n) is 10.2. The molecule has 0 spiro atoms. The zero-order valence-electron chi connectivity index (χ0n) is 17.1. The Hall–Kier alpha value is 0.434. The van der Waals surface area contributed by atoms with Crippen LogP contribution >= 0.6 is 0 Å². The van der Waals surface area contributed by atoms with Crippen LogP contribution in [-0.4, -0.2) is 16.1 Å². The number of hydrogen-bond donors (Lipinski definition) is 0. The van der Waals surface area contributed by atoms with Gasteiger partial charge in [-0.05, 0) is 42.2 Å². The van der Waals surface area contributed by atoms with Crippen molar-refractivity contribution < 1.29 is 0 Å². The normalized spacial score (nSPS) is 29.2. The molecule has 2 aliphatic rings. The molecule has 0 aromatic heterocycles. The van der Waals surface area contributed by atoms with Gasteiger partial charge in [0.15, 0.2) is 0 Å². The summed E-state index contributed by atoms with van der Waals surface area (Å²) in [6.45, 7) is 15.5. The topological polar surface area (TPSA) is 0 Å². The van der Waals surface area contributed by atoms with Gasteiger partial charge in [-0.3, -0.25) is 0 Å². The van der Waals surface area contributed by atoms with E-state index in [-0.39, 0.29) is 0 Å². The van der Waals surface area contributed by atoms with Gasteiger partial charge in [0, 0.05) is 8.07 Å². The summed E-state index contributed by atoms with van der Waals surface area (Å²) in [6, 6.07) is 4.89. The predicted molar refractivity (Wildman–Crippen MR) is 112 cm³/mol. The molecule has 2 aliphatic carbocycles. The van der Waals surface area contributed by atoms with E-state index in [0.29, 0.717) is 0 Å². The van der Waals surface area contributed by atoms with Crippen LogP contribution < -0.4 is 0 Å². The zero-order chi connectivity index (χ0) is 17.1. The van der Waals surface area contributed by atoms with Gasteiger partial charge in [0.05, 0.1) is 8.07 Å².